The van der Waals surface area contributed by atoms with Crippen LogP contribution in [0.2, 0.25) is 0 Å². The molecule has 0 bridgehead atoms. The van der Waals surface area contributed by atoms with Crippen LogP contribution in [0.25, 0.3) is 0 Å². The van der Waals surface area contributed by atoms with E-state index in [9.17, 15) is 0 Å². The molecule has 0 fully saturated rings. The van der Waals surface area contributed by atoms with Gasteiger partial charge < -0.3 is 0 Å². The van der Waals surface area contributed by atoms with Gasteiger partial charge in [-0.1, -0.05) is 13.8 Å². The molecule has 0 N–H and O–H groups in total. The Hall–Kier alpha value is -0.440. The molecule has 1 unspecified atom stereocenters. The number of hydrogen-bond acceptors (Lipinski definition) is 3. The largest absolute Gasteiger partial charge is 0.272 e. The molecule has 1 aliphatic heterocycles. The summed E-state index contributed by atoms with van der Waals surface area (Å²) in [5, 5.41) is 6.18. The van der Waals surface area contributed by atoms with E-state index in [2.05, 4.69) is 18.9 Å². The fourth-order valence-corrected chi connectivity index (χ4v) is 1.50. The van der Waals surface area contributed by atoms with E-state index in [-0.39, 0.29) is 6.17 Å². The Morgan fingerprint density at radius 1 is 1.55 bits per heavy atom. The fourth-order valence-electron chi connectivity index (χ4n) is 1.22. The Kier molecular flexibility index (Phi) is 3.00. The van der Waals surface area contributed by atoms with Gasteiger partial charge in [0.25, 0.3) is 0 Å². The summed E-state index contributed by atoms with van der Waals surface area (Å²) in [6.45, 7) is 5.23. The van der Waals surface area contributed by atoms with Gasteiger partial charge in [0, 0.05) is 18.3 Å². The lowest BCUT2D eigenvalue weighted by Gasteiger charge is -2.24. The average Bonchev–Trinajstić information content (AvgIpc) is 2.33. The molecule has 11 heavy (non-hydrogen) atoms. The highest BCUT2D eigenvalue weighted by Crippen LogP contribution is 2.17. The van der Waals surface area contributed by atoms with E-state index in [1.54, 1.807) is 10.8 Å². The maximum atomic E-state index is 5.85. The Labute approximate surface area is 72.7 Å². The minimum Gasteiger partial charge on any atom is -0.272 e. The Morgan fingerprint density at radius 3 is 2.82 bits per heavy atom. The minimum absolute atomic E-state index is 0.261. The second-order valence-corrected chi connectivity index (χ2v) is 3.02. The molecule has 1 heterocycles. The molecule has 0 aromatic heterocycles. The molecule has 0 radical (unpaired) electrons. The Balaban J connectivity index is 2.46. The first-order valence-corrected chi connectivity index (χ1v) is 4.38. The molecule has 0 saturated carbocycles. The summed E-state index contributed by atoms with van der Waals surface area (Å²) >= 11 is 5.85. The zero-order chi connectivity index (χ0) is 8.27. The van der Waals surface area contributed by atoms with Crippen LogP contribution >= 0.6 is 11.8 Å². The molecule has 0 aromatic rings. The first kappa shape index (κ1) is 8.65. The van der Waals surface area contributed by atoms with Crippen molar-refractivity contribution in [1.29, 1.82) is 0 Å². The highest BCUT2D eigenvalue weighted by molar-refractivity contribution is 6.19. The van der Waals surface area contributed by atoms with Gasteiger partial charge in [0.15, 0.2) is 0 Å². The second-order valence-electron chi connectivity index (χ2n) is 2.63. The number of nitrogens with zero attached hydrogens (tertiary/aromatic N) is 3. The third kappa shape index (κ3) is 1.77. The van der Waals surface area contributed by atoms with Gasteiger partial charge in [-0.15, -0.1) is 0 Å². The summed E-state index contributed by atoms with van der Waals surface area (Å²) in [6, 6.07) is 0. The van der Waals surface area contributed by atoms with Crippen molar-refractivity contribution in [3.05, 3.63) is 0 Å². The van der Waals surface area contributed by atoms with Gasteiger partial charge in [-0.2, -0.15) is 5.10 Å². The van der Waals surface area contributed by atoms with Crippen LogP contribution in [0, 0.1) is 0 Å². The standard InChI is InChI=1S/C7H14ClN3/c1-3-5-11-7(4-2)10(8)6-9-11/h6-7H,3-5H2,1-2H3. The van der Waals surface area contributed by atoms with Crippen LogP contribution in [0.15, 0.2) is 5.10 Å². The van der Waals surface area contributed by atoms with Crippen molar-refractivity contribution in [1.82, 2.24) is 9.43 Å². The Bertz CT molecular complexity index is 149. The van der Waals surface area contributed by atoms with Crippen molar-refractivity contribution < 1.29 is 0 Å². The van der Waals surface area contributed by atoms with Crippen LogP contribution in [0.3, 0.4) is 0 Å². The van der Waals surface area contributed by atoms with E-state index in [1.807, 2.05) is 5.01 Å². The average molecular weight is 176 g/mol. The minimum atomic E-state index is 0.261. The van der Waals surface area contributed by atoms with Crippen LogP contribution in [-0.2, 0) is 0 Å². The van der Waals surface area contributed by atoms with E-state index in [1.165, 1.54) is 0 Å². The van der Waals surface area contributed by atoms with Gasteiger partial charge in [-0.25, -0.2) is 4.42 Å². The quantitative estimate of drug-likeness (QED) is 0.610. The van der Waals surface area contributed by atoms with Crippen molar-refractivity contribution in [2.45, 2.75) is 32.9 Å². The van der Waals surface area contributed by atoms with E-state index >= 15 is 0 Å². The highest BCUT2D eigenvalue weighted by atomic mass is 35.5. The monoisotopic (exact) mass is 175 g/mol. The summed E-state index contributed by atoms with van der Waals surface area (Å²) in [7, 11) is 0. The lowest BCUT2D eigenvalue weighted by molar-refractivity contribution is 0.171. The molecular formula is C7H14ClN3. The molecule has 0 aromatic carbocycles. The Morgan fingerprint density at radius 2 is 2.27 bits per heavy atom. The van der Waals surface area contributed by atoms with E-state index in [4.69, 9.17) is 11.8 Å². The molecule has 64 valence electrons. The van der Waals surface area contributed by atoms with Crippen molar-refractivity contribution in [2.75, 3.05) is 6.54 Å². The van der Waals surface area contributed by atoms with Crippen LogP contribution in [0.1, 0.15) is 26.7 Å². The smallest absolute Gasteiger partial charge is 0.134 e. The van der Waals surface area contributed by atoms with E-state index < -0.39 is 0 Å². The normalized spacial score (nSPS) is 23.4. The predicted molar refractivity (Wildman–Crippen MR) is 47.3 cm³/mol. The molecular weight excluding hydrogens is 162 g/mol. The summed E-state index contributed by atoms with van der Waals surface area (Å²) in [5.41, 5.74) is 0. The van der Waals surface area contributed by atoms with Crippen LogP contribution in [0.4, 0.5) is 0 Å². The summed E-state index contributed by atoms with van der Waals surface area (Å²) in [4.78, 5) is 0. The first-order valence-electron chi connectivity index (χ1n) is 4.04. The van der Waals surface area contributed by atoms with Crippen molar-refractivity contribution in [3.8, 4) is 0 Å². The van der Waals surface area contributed by atoms with E-state index in [0.717, 1.165) is 19.4 Å². The maximum absolute atomic E-state index is 5.85. The van der Waals surface area contributed by atoms with Gasteiger partial charge in [0.2, 0.25) is 0 Å². The molecule has 0 saturated heterocycles. The van der Waals surface area contributed by atoms with E-state index in [0.29, 0.717) is 0 Å². The topological polar surface area (TPSA) is 18.8 Å². The zero-order valence-electron chi connectivity index (χ0n) is 7.00. The number of halogens is 1. The van der Waals surface area contributed by atoms with Crippen LogP contribution < -0.4 is 0 Å². The first-order chi connectivity index (χ1) is 5.29. The summed E-state index contributed by atoms with van der Waals surface area (Å²) in [6.07, 6.45) is 4.05. The summed E-state index contributed by atoms with van der Waals surface area (Å²) < 4.78 is 1.63. The number of hydrazone groups is 1. The molecule has 1 rings (SSSR count). The molecule has 0 amide bonds. The lowest BCUT2D eigenvalue weighted by atomic mass is 10.3. The van der Waals surface area contributed by atoms with Crippen LogP contribution in [0.5, 0.6) is 0 Å². The van der Waals surface area contributed by atoms with Gasteiger partial charge >= 0.3 is 0 Å². The van der Waals surface area contributed by atoms with Gasteiger partial charge in [0.05, 0.1) is 0 Å². The van der Waals surface area contributed by atoms with Crippen molar-refractivity contribution in [2.24, 2.45) is 5.10 Å². The van der Waals surface area contributed by atoms with Gasteiger partial charge in [-0.3, -0.25) is 5.01 Å². The third-order valence-corrected chi connectivity index (χ3v) is 2.07. The third-order valence-electron chi connectivity index (χ3n) is 1.76. The lowest BCUT2D eigenvalue weighted by Crippen LogP contribution is -2.34. The highest BCUT2D eigenvalue weighted by Gasteiger charge is 2.23. The molecule has 4 heteroatoms. The number of rotatable bonds is 3. The van der Waals surface area contributed by atoms with Gasteiger partial charge in [0.1, 0.15) is 12.5 Å². The maximum Gasteiger partial charge on any atom is 0.134 e. The molecule has 3 nitrogen and oxygen atoms in total. The molecule has 1 atom stereocenters. The predicted octanol–water partition coefficient (Wildman–Crippen LogP) is 1.85. The van der Waals surface area contributed by atoms with Crippen molar-refractivity contribution >= 4 is 18.1 Å². The second kappa shape index (κ2) is 3.81. The molecule has 0 spiro atoms. The van der Waals surface area contributed by atoms with Gasteiger partial charge in [-0.05, 0) is 12.8 Å². The SMILES string of the molecule is CCCN1N=CN(Cl)C1CC. The summed E-state index contributed by atoms with van der Waals surface area (Å²) in [5.74, 6) is 0. The zero-order valence-corrected chi connectivity index (χ0v) is 7.75. The fraction of sp³-hybridized carbons (Fsp3) is 0.857. The van der Waals surface area contributed by atoms with Crippen molar-refractivity contribution in [3.63, 3.8) is 0 Å². The molecule has 0 aliphatic carbocycles. The number of hydrogen-bond donors (Lipinski definition) is 0. The molecule has 1 aliphatic rings. The van der Waals surface area contributed by atoms with Crippen LogP contribution in [-0.4, -0.2) is 28.5 Å².